The largest absolute Gasteiger partial charge is 0.478 e. The summed E-state index contributed by atoms with van der Waals surface area (Å²) in [5, 5.41) is 12.3. The number of nitrogens with one attached hydrogen (secondary N) is 1. The van der Waals surface area contributed by atoms with Gasteiger partial charge in [0.15, 0.2) is 0 Å². The van der Waals surface area contributed by atoms with Crippen LogP contribution in [0.1, 0.15) is 22.3 Å². The molecule has 2 N–H and O–H groups in total. The van der Waals surface area contributed by atoms with Crippen molar-refractivity contribution in [2.24, 2.45) is 0 Å². The Kier molecular flexibility index (Phi) is 7.77. The first-order valence-corrected chi connectivity index (χ1v) is 9.69. The van der Waals surface area contributed by atoms with E-state index in [1.807, 2.05) is 49.3 Å². The molecule has 0 heterocycles. The second-order valence-corrected chi connectivity index (χ2v) is 7.68. The molecule has 0 unspecified atom stereocenters. The molecule has 28 heavy (non-hydrogen) atoms. The van der Waals surface area contributed by atoms with Gasteiger partial charge in [0.25, 0.3) is 0 Å². The monoisotopic (exact) mass is 412 g/mol. The zero-order valence-corrected chi connectivity index (χ0v) is 16.5. The molecule has 0 aliphatic rings. The molecular weight excluding hydrogens is 389 g/mol. The number of hydrogen-bond acceptors (Lipinski definition) is 4. The fourth-order valence-corrected chi connectivity index (χ4v) is 3.64. The van der Waals surface area contributed by atoms with Gasteiger partial charge in [0.05, 0.1) is 16.8 Å². The number of alkyl halides is 3. The van der Waals surface area contributed by atoms with Crippen molar-refractivity contribution in [3.8, 4) is 0 Å². The molecule has 0 bridgehead atoms. The lowest BCUT2D eigenvalue weighted by Gasteiger charge is -2.25. The van der Waals surface area contributed by atoms with Crippen LogP contribution in [0.15, 0.2) is 53.4 Å². The van der Waals surface area contributed by atoms with Gasteiger partial charge in [-0.05, 0) is 51.3 Å². The molecule has 0 aromatic heterocycles. The Hall–Kier alpha value is -2.19. The molecular formula is C20H23F3N2O2S. The number of para-hydroxylation sites is 1. The van der Waals surface area contributed by atoms with Gasteiger partial charge in [-0.2, -0.15) is 13.2 Å². The van der Waals surface area contributed by atoms with E-state index in [1.54, 1.807) is 0 Å². The molecule has 152 valence electrons. The number of aromatic carboxylic acids is 1. The van der Waals surface area contributed by atoms with Gasteiger partial charge in [-0.1, -0.05) is 24.3 Å². The van der Waals surface area contributed by atoms with Crippen molar-refractivity contribution in [3.05, 3.63) is 59.7 Å². The second-order valence-electron chi connectivity index (χ2n) is 6.59. The van der Waals surface area contributed by atoms with E-state index < -0.39 is 17.7 Å². The SMILES string of the molecule is CN(C)CC[C@H](CSc1ccccc1)Nc1c(C(=O)O)cccc1C(F)(F)F. The van der Waals surface area contributed by atoms with Crippen LogP contribution in [-0.2, 0) is 6.18 Å². The molecule has 2 rings (SSSR count). The highest BCUT2D eigenvalue weighted by molar-refractivity contribution is 7.99. The first-order chi connectivity index (χ1) is 13.2. The minimum atomic E-state index is -4.65. The summed E-state index contributed by atoms with van der Waals surface area (Å²) in [6, 6.07) is 12.4. The third kappa shape index (κ3) is 6.45. The first kappa shape index (κ1) is 22.1. The minimum Gasteiger partial charge on any atom is -0.478 e. The van der Waals surface area contributed by atoms with Crippen molar-refractivity contribution in [1.29, 1.82) is 0 Å². The van der Waals surface area contributed by atoms with Crippen LogP contribution >= 0.6 is 11.8 Å². The maximum Gasteiger partial charge on any atom is 0.418 e. The highest BCUT2D eigenvalue weighted by Gasteiger charge is 2.36. The highest BCUT2D eigenvalue weighted by atomic mass is 32.2. The molecule has 0 radical (unpaired) electrons. The standard InChI is InChI=1S/C20H23F3N2O2S/c1-25(2)12-11-14(13-28-15-7-4-3-5-8-15)24-18-16(19(26)27)9-6-10-17(18)20(21,22)23/h3-10,14,24H,11-13H2,1-2H3,(H,26,27)/t14-/m1/s1. The van der Waals surface area contributed by atoms with Crippen LogP contribution in [0, 0.1) is 0 Å². The summed E-state index contributed by atoms with van der Waals surface area (Å²) in [5.41, 5.74) is -1.72. The predicted octanol–water partition coefficient (Wildman–Crippen LogP) is 4.93. The van der Waals surface area contributed by atoms with Crippen LogP contribution < -0.4 is 5.32 Å². The number of thioether (sulfide) groups is 1. The molecule has 0 aliphatic heterocycles. The Morgan fingerprint density at radius 2 is 1.82 bits per heavy atom. The van der Waals surface area contributed by atoms with Gasteiger partial charge in [0.1, 0.15) is 0 Å². The van der Waals surface area contributed by atoms with E-state index >= 15 is 0 Å². The summed E-state index contributed by atoms with van der Waals surface area (Å²) < 4.78 is 40.4. The molecule has 2 aromatic rings. The quantitative estimate of drug-likeness (QED) is 0.572. The lowest BCUT2D eigenvalue weighted by atomic mass is 10.0. The smallest absolute Gasteiger partial charge is 0.418 e. The van der Waals surface area contributed by atoms with E-state index in [4.69, 9.17) is 0 Å². The van der Waals surface area contributed by atoms with Crippen LogP contribution in [0.3, 0.4) is 0 Å². The Labute approximate surface area is 166 Å². The zero-order chi connectivity index (χ0) is 20.7. The van der Waals surface area contributed by atoms with Gasteiger partial charge in [0, 0.05) is 16.7 Å². The third-order valence-electron chi connectivity index (χ3n) is 4.07. The van der Waals surface area contributed by atoms with Crippen molar-refractivity contribution in [2.75, 3.05) is 31.7 Å². The van der Waals surface area contributed by atoms with Crippen molar-refractivity contribution in [3.63, 3.8) is 0 Å². The summed E-state index contributed by atoms with van der Waals surface area (Å²) in [5.74, 6) is -0.890. The molecule has 0 saturated carbocycles. The molecule has 0 fully saturated rings. The molecule has 1 atom stereocenters. The molecule has 2 aromatic carbocycles. The van der Waals surface area contributed by atoms with E-state index in [0.29, 0.717) is 18.7 Å². The number of hydrogen-bond donors (Lipinski definition) is 2. The summed E-state index contributed by atoms with van der Waals surface area (Å²) in [6.07, 6.45) is -4.08. The third-order valence-corrected chi connectivity index (χ3v) is 5.24. The average molecular weight is 412 g/mol. The fraction of sp³-hybridized carbons (Fsp3) is 0.350. The number of halogens is 3. The number of nitrogens with zero attached hydrogens (tertiary/aromatic N) is 1. The van der Waals surface area contributed by atoms with Crippen molar-refractivity contribution < 1.29 is 23.1 Å². The lowest BCUT2D eigenvalue weighted by molar-refractivity contribution is -0.137. The van der Waals surface area contributed by atoms with Crippen LogP contribution in [0.2, 0.25) is 0 Å². The number of anilines is 1. The molecule has 0 aliphatic carbocycles. The van der Waals surface area contributed by atoms with Gasteiger partial charge in [-0.3, -0.25) is 0 Å². The van der Waals surface area contributed by atoms with E-state index in [9.17, 15) is 23.1 Å². The average Bonchev–Trinajstić information content (AvgIpc) is 2.63. The Morgan fingerprint density at radius 3 is 2.39 bits per heavy atom. The van der Waals surface area contributed by atoms with E-state index in [-0.39, 0.29) is 17.3 Å². The zero-order valence-electron chi connectivity index (χ0n) is 15.7. The maximum atomic E-state index is 13.5. The maximum absolute atomic E-state index is 13.5. The van der Waals surface area contributed by atoms with E-state index in [0.717, 1.165) is 17.0 Å². The van der Waals surface area contributed by atoms with Gasteiger partial charge in [-0.25, -0.2) is 4.79 Å². The molecule has 4 nitrogen and oxygen atoms in total. The Bertz CT molecular complexity index is 783. The van der Waals surface area contributed by atoms with Crippen LogP contribution in [0.4, 0.5) is 18.9 Å². The van der Waals surface area contributed by atoms with E-state index in [1.165, 1.54) is 17.8 Å². The van der Waals surface area contributed by atoms with Crippen molar-refractivity contribution >= 4 is 23.4 Å². The molecule has 0 spiro atoms. The van der Waals surface area contributed by atoms with Gasteiger partial charge < -0.3 is 15.3 Å². The molecule has 8 heteroatoms. The number of carboxylic acids is 1. The van der Waals surface area contributed by atoms with Gasteiger partial charge in [-0.15, -0.1) is 11.8 Å². The molecule has 0 saturated heterocycles. The first-order valence-electron chi connectivity index (χ1n) is 8.71. The summed E-state index contributed by atoms with van der Waals surface area (Å²) in [4.78, 5) is 14.4. The summed E-state index contributed by atoms with van der Waals surface area (Å²) in [7, 11) is 3.77. The summed E-state index contributed by atoms with van der Waals surface area (Å²) >= 11 is 1.52. The number of benzene rings is 2. The van der Waals surface area contributed by atoms with E-state index in [2.05, 4.69) is 5.32 Å². The van der Waals surface area contributed by atoms with Crippen LogP contribution in [0.5, 0.6) is 0 Å². The van der Waals surface area contributed by atoms with Crippen LogP contribution in [0.25, 0.3) is 0 Å². The topological polar surface area (TPSA) is 52.6 Å². The Morgan fingerprint density at radius 1 is 1.14 bits per heavy atom. The predicted molar refractivity (Wildman–Crippen MR) is 106 cm³/mol. The lowest BCUT2D eigenvalue weighted by Crippen LogP contribution is -2.29. The normalized spacial score (nSPS) is 12.8. The number of rotatable bonds is 9. The van der Waals surface area contributed by atoms with Crippen molar-refractivity contribution in [2.45, 2.75) is 23.5 Å². The fourth-order valence-electron chi connectivity index (χ4n) is 2.65. The number of carbonyl (C=O) groups is 1. The Balaban J connectivity index is 2.30. The second kappa shape index (κ2) is 9.84. The van der Waals surface area contributed by atoms with Crippen LogP contribution in [-0.4, -0.2) is 48.4 Å². The minimum absolute atomic E-state index is 0.339. The van der Waals surface area contributed by atoms with Crippen molar-refractivity contribution in [1.82, 2.24) is 4.90 Å². The summed E-state index contributed by atoms with van der Waals surface area (Å²) in [6.45, 7) is 0.656. The highest BCUT2D eigenvalue weighted by Crippen LogP contribution is 2.37. The van der Waals surface area contributed by atoms with Gasteiger partial charge in [0.2, 0.25) is 0 Å². The van der Waals surface area contributed by atoms with Gasteiger partial charge >= 0.3 is 12.1 Å². The molecule has 0 amide bonds. The number of carboxylic acid groups (broad SMARTS) is 1.